The van der Waals surface area contributed by atoms with Gasteiger partial charge in [0.2, 0.25) is 0 Å². The van der Waals surface area contributed by atoms with Crippen molar-refractivity contribution < 1.29 is 18.3 Å². The van der Waals surface area contributed by atoms with Gasteiger partial charge in [-0.1, -0.05) is 6.92 Å². The summed E-state index contributed by atoms with van der Waals surface area (Å²) in [6.45, 7) is 1.80. The molecule has 0 aliphatic rings. The third-order valence-electron chi connectivity index (χ3n) is 1.75. The maximum atomic E-state index is 11.4. The van der Waals surface area contributed by atoms with E-state index >= 15 is 0 Å². The second kappa shape index (κ2) is 4.76. The summed E-state index contributed by atoms with van der Waals surface area (Å²) in [6.07, 6.45) is 0.583. The number of carboxylic acids is 1. The number of hydrogen-bond acceptors (Lipinski definition) is 4. The van der Waals surface area contributed by atoms with Crippen LogP contribution < -0.4 is 0 Å². The topological polar surface area (TPSA) is 71.4 Å². The van der Waals surface area contributed by atoms with Crippen LogP contribution in [-0.2, 0) is 15.6 Å². The highest BCUT2D eigenvalue weighted by atomic mass is 32.2. The molecule has 1 aromatic heterocycles. The van der Waals surface area contributed by atoms with Gasteiger partial charge in [-0.15, -0.1) is 11.3 Å². The summed E-state index contributed by atoms with van der Waals surface area (Å²) < 4.78 is 22.9. The Morgan fingerprint density at radius 1 is 1.47 bits per heavy atom. The molecule has 15 heavy (non-hydrogen) atoms. The molecule has 0 aliphatic heterocycles. The lowest BCUT2D eigenvalue weighted by atomic mass is 10.4. The minimum atomic E-state index is -3.08. The molecule has 0 saturated carbocycles. The fourth-order valence-corrected chi connectivity index (χ4v) is 3.88. The fraction of sp³-hybridized carbons (Fsp3) is 0.444. The number of hydrogen-bond donors (Lipinski definition) is 1. The van der Waals surface area contributed by atoms with E-state index in [1.807, 2.05) is 0 Å². The number of carbonyl (C=O) groups is 1. The summed E-state index contributed by atoms with van der Waals surface area (Å²) in [4.78, 5) is 11.3. The molecule has 0 aliphatic carbocycles. The Morgan fingerprint density at radius 2 is 2.13 bits per heavy atom. The van der Waals surface area contributed by atoms with E-state index in [2.05, 4.69) is 0 Å². The van der Waals surface area contributed by atoms with Gasteiger partial charge < -0.3 is 5.11 Å². The molecule has 0 aromatic carbocycles. The number of aromatic carboxylic acids is 1. The first-order valence-corrected chi connectivity index (χ1v) is 7.11. The van der Waals surface area contributed by atoms with Crippen LogP contribution in [0.25, 0.3) is 0 Å². The van der Waals surface area contributed by atoms with Crippen molar-refractivity contribution in [1.29, 1.82) is 0 Å². The zero-order valence-electron chi connectivity index (χ0n) is 8.26. The molecule has 0 radical (unpaired) electrons. The van der Waals surface area contributed by atoms with Gasteiger partial charge in [0, 0.05) is 4.88 Å². The van der Waals surface area contributed by atoms with Crippen LogP contribution in [0.3, 0.4) is 0 Å². The lowest BCUT2D eigenvalue weighted by Gasteiger charge is -1.98. The van der Waals surface area contributed by atoms with Gasteiger partial charge in [-0.05, 0) is 18.6 Å². The molecule has 0 saturated heterocycles. The highest BCUT2D eigenvalue weighted by Gasteiger charge is 2.14. The molecule has 0 unspecified atom stereocenters. The Bertz CT molecular complexity index is 444. The first kappa shape index (κ1) is 12.2. The van der Waals surface area contributed by atoms with Crippen LogP contribution in [0.1, 0.15) is 27.9 Å². The van der Waals surface area contributed by atoms with E-state index in [0.717, 1.165) is 11.3 Å². The largest absolute Gasteiger partial charge is 0.477 e. The van der Waals surface area contributed by atoms with E-state index in [0.29, 0.717) is 11.3 Å². The van der Waals surface area contributed by atoms with Crippen molar-refractivity contribution in [1.82, 2.24) is 0 Å². The lowest BCUT2D eigenvalue weighted by Crippen LogP contribution is -2.07. The minimum Gasteiger partial charge on any atom is -0.477 e. The first-order chi connectivity index (χ1) is 6.94. The molecule has 0 fully saturated rings. The number of thiophene rings is 1. The zero-order valence-corrected chi connectivity index (χ0v) is 9.90. The standard InChI is InChI=1S/C9H12O4S2/c1-2-5-15(12,13)6-7-3-4-8(14-7)9(10)11/h3-4H,2,5-6H2,1H3,(H,10,11). The Morgan fingerprint density at radius 3 is 2.60 bits per heavy atom. The molecule has 1 aromatic rings. The normalized spacial score (nSPS) is 11.5. The SMILES string of the molecule is CCCS(=O)(=O)Cc1ccc(C(=O)O)s1. The summed E-state index contributed by atoms with van der Waals surface area (Å²) in [7, 11) is -3.08. The van der Waals surface area contributed by atoms with Crippen molar-refractivity contribution in [3.05, 3.63) is 21.9 Å². The summed E-state index contributed by atoms with van der Waals surface area (Å²) >= 11 is 1.02. The van der Waals surface area contributed by atoms with Crippen LogP contribution in [0.15, 0.2) is 12.1 Å². The van der Waals surface area contributed by atoms with Gasteiger partial charge in [0.15, 0.2) is 9.84 Å². The molecular weight excluding hydrogens is 236 g/mol. The predicted octanol–water partition coefficient (Wildman–Crippen LogP) is 1.77. The summed E-state index contributed by atoms with van der Waals surface area (Å²) in [5.74, 6) is -0.925. The van der Waals surface area contributed by atoms with Gasteiger partial charge in [0.1, 0.15) is 4.88 Å². The molecule has 1 rings (SSSR count). The molecule has 1 heterocycles. The van der Waals surface area contributed by atoms with Crippen molar-refractivity contribution in [2.75, 3.05) is 5.75 Å². The van der Waals surface area contributed by atoms with Crippen LogP contribution in [-0.4, -0.2) is 25.2 Å². The van der Waals surface area contributed by atoms with Crippen molar-refractivity contribution in [2.24, 2.45) is 0 Å². The van der Waals surface area contributed by atoms with E-state index in [9.17, 15) is 13.2 Å². The van der Waals surface area contributed by atoms with E-state index in [1.54, 1.807) is 13.0 Å². The Balaban J connectivity index is 2.77. The van der Waals surface area contributed by atoms with Crippen LogP contribution in [0.2, 0.25) is 0 Å². The van der Waals surface area contributed by atoms with Crippen LogP contribution in [0, 0.1) is 0 Å². The van der Waals surface area contributed by atoms with Gasteiger partial charge in [-0.2, -0.15) is 0 Å². The van der Waals surface area contributed by atoms with Gasteiger partial charge >= 0.3 is 5.97 Å². The van der Waals surface area contributed by atoms with Crippen molar-refractivity contribution in [3.63, 3.8) is 0 Å². The molecule has 6 heteroatoms. The summed E-state index contributed by atoms with van der Waals surface area (Å²) in [5, 5.41) is 8.66. The smallest absolute Gasteiger partial charge is 0.345 e. The van der Waals surface area contributed by atoms with Crippen LogP contribution in [0.4, 0.5) is 0 Å². The predicted molar refractivity (Wildman–Crippen MR) is 59.1 cm³/mol. The van der Waals surface area contributed by atoms with Gasteiger partial charge in [-0.25, -0.2) is 13.2 Å². The molecule has 84 valence electrons. The summed E-state index contributed by atoms with van der Waals surface area (Å²) in [5.41, 5.74) is 0. The van der Waals surface area contributed by atoms with Crippen molar-refractivity contribution in [3.8, 4) is 0 Å². The van der Waals surface area contributed by atoms with Crippen LogP contribution >= 0.6 is 11.3 Å². The molecule has 0 atom stereocenters. The second-order valence-electron chi connectivity index (χ2n) is 3.16. The molecule has 1 N–H and O–H groups in total. The lowest BCUT2D eigenvalue weighted by molar-refractivity contribution is 0.0702. The van der Waals surface area contributed by atoms with E-state index in [-0.39, 0.29) is 16.4 Å². The highest BCUT2D eigenvalue weighted by Crippen LogP contribution is 2.19. The van der Waals surface area contributed by atoms with E-state index in [1.165, 1.54) is 6.07 Å². The molecular formula is C9H12O4S2. The third kappa shape index (κ3) is 3.64. The quantitative estimate of drug-likeness (QED) is 0.862. The Labute approximate surface area is 92.5 Å². The molecule has 0 bridgehead atoms. The van der Waals surface area contributed by atoms with Gasteiger partial charge in [0.25, 0.3) is 0 Å². The maximum absolute atomic E-state index is 11.4. The molecule has 0 amide bonds. The van der Waals surface area contributed by atoms with E-state index in [4.69, 9.17) is 5.11 Å². The average Bonchev–Trinajstić information content (AvgIpc) is 2.51. The fourth-order valence-electron chi connectivity index (χ4n) is 1.17. The second-order valence-corrected chi connectivity index (χ2v) is 6.52. The number of carboxylic acid groups (broad SMARTS) is 1. The minimum absolute atomic E-state index is 0.0568. The first-order valence-electron chi connectivity index (χ1n) is 4.47. The Hall–Kier alpha value is -0.880. The summed E-state index contributed by atoms with van der Waals surface area (Å²) in [6, 6.07) is 2.99. The van der Waals surface area contributed by atoms with Gasteiger partial charge in [-0.3, -0.25) is 0 Å². The third-order valence-corrected chi connectivity index (χ3v) is 4.79. The zero-order chi connectivity index (χ0) is 11.5. The molecule has 0 spiro atoms. The molecule has 4 nitrogen and oxygen atoms in total. The maximum Gasteiger partial charge on any atom is 0.345 e. The van der Waals surface area contributed by atoms with Crippen molar-refractivity contribution >= 4 is 27.1 Å². The van der Waals surface area contributed by atoms with Crippen molar-refractivity contribution in [2.45, 2.75) is 19.1 Å². The average molecular weight is 248 g/mol. The highest BCUT2D eigenvalue weighted by molar-refractivity contribution is 7.90. The Kier molecular flexibility index (Phi) is 3.87. The van der Waals surface area contributed by atoms with Crippen LogP contribution in [0.5, 0.6) is 0 Å². The number of rotatable bonds is 5. The number of sulfone groups is 1. The van der Waals surface area contributed by atoms with Gasteiger partial charge in [0.05, 0.1) is 11.5 Å². The monoisotopic (exact) mass is 248 g/mol. The van der Waals surface area contributed by atoms with E-state index < -0.39 is 15.8 Å².